The summed E-state index contributed by atoms with van der Waals surface area (Å²) >= 11 is 0. The van der Waals surface area contributed by atoms with Crippen LogP contribution in [0, 0.1) is 12.8 Å². The van der Waals surface area contributed by atoms with Crippen LogP contribution < -0.4 is 5.73 Å². The Bertz CT molecular complexity index is 704. The zero-order chi connectivity index (χ0) is 15.4. The molecule has 1 unspecified atom stereocenters. The maximum Gasteiger partial charge on any atom is 0.139 e. The molecule has 0 aliphatic rings. The highest BCUT2D eigenvalue weighted by atomic mass is 15.1. The number of rotatable bonds is 5. The van der Waals surface area contributed by atoms with Crippen LogP contribution >= 0.6 is 0 Å². The van der Waals surface area contributed by atoms with Crippen LogP contribution in [-0.2, 0) is 0 Å². The number of aliphatic imine (C=N–C) groups is 1. The van der Waals surface area contributed by atoms with Crippen LogP contribution in [0.1, 0.15) is 25.8 Å². The maximum absolute atomic E-state index is 6.09. The van der Waals surface area contributed by atoms with E-state index in [0.717, 1.165) is 17.8 Å². The molecule has 1 aromatic carbocycles. The van der Waals surface area contributed by atoms with Crippen LogP contribution in [0.15, 0.2) is 54.2 Å². The Balaban J connectivity index is 2.52. The lowest BCUT2D eigenvalue weighted by Crippen LogP contribution is -2.21. The highest BCUT2D eigenvalue weighted by Gasteiger charge is 2.08. The van der Waals surface area contributed by atoms with Crippen molar-refractivity contribution in [1.29, 1.82) is 0 Å². The molecular weight excluding hydrogens is 258 g/mol. The predicted molar refractivity (Wildman–Crippen MR) is 92.2 cm³/mol. The molecule has 2 N–H and O–H groups in total. The van der Waals surface area contributed by atoms with Gasteiger partial charge in [-0.15, -0.1) is 0 Å². The maximum atomic E-state index is 6.09. The van der Waals surface area contributed by atoms with Crippen molar-refractivity contribution in [2.75, 3.05) is 0 Å². The second kappa shape index (κ2) is 6.44. The van der Waals surface area contributed by atoms with Crippen molar-refractivity contribution >= 4 is 22.6 Å². The van der Waals surface area contributed by atoms with E-state index in [1.807, 2.05) is 16.8 Å². The second-order valence-electron chi connectivity index (χ2n) is 5.35. The molecule has 21 heavy (non-hydrogen) atoms. The van der Waals surface area contributed by atoms with Crippen molar-refractivity contribution in [3.05, 3.63) is 54.8 Å². The van der Waals surface area contributed by atoms with E-state index in [1.165, 1.54) is 10.9 Å². The van der Waals surface area contributed by atoms with Gasteiger partial charge in [0.15, 0.2) is 0 Å². The first-order chi connectivity index (χ1) is 10.1. The molecule has 0 aliphatic heterocycles. The molecule has 1 heterocycles. The smallest absolute Gasteiger partial charge is 0.139 e. The quantitative estimate of drug-likeness (QED) is 0.494. The van der Waals surface area contributed by atoms with Gasteiger partial charge in [-0.3, -0.25) is 0 Å². The Morgan fingerprint density at radius 1 is 1.43 bits per heavy atom. The fourth-order valence-corrected chi connectivity index (χ4v) is 2.19. The van der Waals surface area contributed by atoms with Crippen molar-refractivity contribution in [3.8, 4) is 0 Å². The van der Waals surface area contributed by atoms with Crippen LogP contribution in [0.5, 0.6) is 0 Å². The molecule has 0 aliphatic carbocycles. The van der Waals surface area contributed by atoms with Crippen LogP contribution in [0.25, 0.3) is 16.7 Å². The fraction of sp³-hybridized carbons (Fsp3) is 0.278. The molecular formula is C18H23N3. The summed E-state index contributed by atoms with van der Waals surface area (Å²) in [5.74, 6) is 1.71. The molecule has 3 nitrogen and oxygen atoms in total. The van der Waals surface area contributed by atoms with Gasteiger partial charge in [-0.2, -0.15) is 0 Å². The number of allylic oxidation sites excluding steroid dienone is 2. The summed E-state index contributed by atoms with van der Waals surface area (Å²) in [4.78, 5) is 4.60. The predicted octanol–water partition coefficient (Wildman–Crippen LogP) is 4.34. The van der Waals surface area contributed by atoms with Crippen molar-refractivity contribution in [2.45, 2.75) is 27.2 Å². The molecule has 0 bridgehead atoms. The summed E-state index contributed by atoms with van der Waals surface area (Å²) in [5, 5.41) is 1.20. The SMILES string of the molecule is C=C/C=C(\N=C(N)C(C)CC)n1ccc2cc(C)ccc21. The molecule has 2 aromatic rings. The average Bonchev–Trinajstić information content (AvgIpc) is 2.88. The van der Waals surface area contributed by atoms with Crippen LogP contribution in [0.4, 0.5) is 0 Å². The Labute approximate surface area is 126 Å². The Kier molecular flexibility index (Phi) is 4.63. The minimum absolute atomic E-state index is 0.266. The van der Waals surface area contributed by atoms with E-state index in [2.05, 4.69) is 56.6 Å². The molecule has 1 atom stereocenters. The monoisotopic (exact) mass is 281 g/mol. The minimum atomic E-state index is 0.266. The van der Waals surface area contributed by atoms with E-state index in [1.54, 1.807) is 6.08 Å². The van der Waals surface area contributed by atoms with Gasteiger partial charge in [0.05, 0.1) is 5.52 Å². The minimum Gasteiger partial charge on any atom is -0.387 e. The fourth-order valence-electron chi connectivity index (χ4n) is 2.19. The van der Waals surface area contributed by atoms with E-state index < -0.39 is 0 Å². The topological polar surface area (TPSA) is 43.3 Å². The highest BCUT2D eigenvalue weighted by molar-refractivity contribution is 5.89. The van der Waals surface area contributed by atoms with Crippen molar-refractivity contribution in [2.24, 2.45) is 16.6 Å². The number of aromatic nitrogens is 1. The molecule has 0 saturated carbocycles. The first-order valence-corrected chi connectivity index (χ1v) is 7.31. The average molecular weight is 281 g/mol. The van der Waals surface area contributed by atoms with Crippen LogP contribution in [-0.4, -0.2) is 10.4 Å². The summed E-state index contributed by atoms with van der Waals surface area (Å²) in [6, 6.07) is 8.47. The van der Waals surface area contributed by atoms with Gasteiger partial charge >= 0.3 is 0 Å². The number of fused-ring (bicyclic) bond motifs is 1. The van der Waals surface area contributed by atoms with Gasteiger partial charge in [0.1, 0.15) is 11.7 Å². The number of amidine groups is 1. The summed E-state index contributed by atoms with van der Waals surface area (Å²) in [6.45, 7) is 10.1. The molecule has 3 heteroatoms. The summed E-state index contributed by atoms with van der Waals surface area (Å²) in [6.07, 6.45) is 6.62. The van der Waals surface area contributed by atoms with Gasteiger partial charge in [0, 0.05) is 17.5 Å². The first kappa shape index (κ1) is 15.1. The summed E-state index contributed by atoms with van der Waals surface area (Å²) in [5.41, 5.74) is 8.46. The first-order valence-electron chi connectivity index (χ1n) is 7.31. The lowest BCUT2D eigenvalue weighted by Gasteiger charge is -2.11. The Morgan fingerprint density at radius 2 is 2.19 bits per heavy atom. The number of hydrogen-bond acceptors (Lipinski definition) is 1. The van der Waals surface area contributed by atoms with Crippen molar-refractivity contribution in [1.82, 2.24) is 4.57 Å². The molecule has 2 rings (SSSR count). The van der Waals surface area contributed by atoms with Crippen molar-refractivity contribution in [3.63, 3.8) is 0 Å². The third kappa shape index (κ3) is 3.24. The second-order valence-corrected chi connectivity index (χ2v) is 5.35. The molecule has 110 valence electrons. The van der Waals surface area contributed by atoms with Gasteiger partial charge in [0.25, 0.3) is 0 Å². The number of benzene rings is 1. The highest BCUT2D eigenvalue weighted by Crippen LogP contribution is 2.22. The largest absolute Gasteiger partial charge is 0.387 e. The van der Waals surface area contributed by atoms with Gasteiger partial charge in [0.2, 0.25) is 0 Å². The van der Waals surface area contributed by atoms with E-state index >= 15 is 0 Å². The molecule has 0 fully saturated rings. The number of nitrogens with zero attached hydrogens (tertiary/aromatic N) is 2. The Hall–Kier alpha value is -2.29. The van der Waals surface area contributed by atoms with Crippen LogP contribution in [0.2, 0.25) is 0 Å². The molecule has 0 radical (unpaired) electrons. The van der Waals surface area contributed by atoms with E-state index in [9.17, 15) is 0 Å². The summed E-state index contributed by atoms with van der Waals surface area (Å²) < 4.78 is 2.05. The zero-order valence-corrected chi connectivity index (χ0v) is 13.0. The third-order valence-corrected chi connectivity index (χ3v) is 3.72. The molecule has 0 amide bonds. The summed E-state index contributed by atoms with van der Waals surface area (Å²) in [7, 11) is 0. The lowest BCUT2D eigenvalue weighted by molar-refractivity contribution is 0.732. The van der Waals surface area contributed by atoms with Gasteiger partial charge in [-0.05, 0) is 37.6 Å². The van der Waals surface area contributed by atoms with Crippen LogP contribution in [0.3, 0.4) is 0 Å². The number of aryl methyl sites for hydroxylation is 1. The molecule has 1 aromatic heterocycles. The van der Waals surface area contributed by atoms with E-state index in [-0.39, 0.29) is 5.92 Å². The number of hydrogen-bond donors (Lipinski definition) is 1. The van der Waals surface area contributed by atoms with Gasteiger partial charge < -0.3 is 10.3 Å². The van der Waals surface area contributed by atoms with E-state index in [0.29, 0.717) is 5.84 Å². The number of nitrogens with two attached hydrogens (primary N) is 1. The zero-order valence-electron chi connectivity index (χ0n) is 13.0. The van der Waals surface area contributed by atoms with Gasteiger partial charge in [-0.25, -0.2) is 4.99 Å². The van der Waals surface area contributed by atoms with Gasteiger partial charge in [-0.1, -0.05) is 38.1 Å². The third-order valence-electron chi connectivity index (χ3n) is 3.72. The Morgan fingerprint density at radius 3 is 2.86 bits per heavy atom. The van der Waals surface area contributed by atoms with Crippen molar-refractivity contribution < 1.29 is 0 Å². The van der Waals surface area contributed by atoms with E-state index in [4.69, 9.17) is 5.73 Å². The normalized spacial score (nSPS) is 14.4. The molecule has 0 saturated heterocycles. The molecule has 0 spiro atoms. The standard InChI is InChI=1S/C18H23N3/c1-5-7-17(20-18(19)14(4)6-2)21-11-10-15-12-13(3)8-9-16(15)21/h5,7-12,14H,1,6H2,2-4H3,(H2,19,20)/b17-7+. The lowest BCUT2D eigenvalue weighted by atomic mass is 10.1.